The molecule has 2 heterocycles. The average molecular weight is 457 g/mol. The number of nitrogens with zero attached hydrogens (tertiary/aromatic N) is 2. The lowest BCUT2D eigenvalue weighted by molar-refractivity contribution is -0.124. The van der Waals surface area contributed by atoms with Gasteiger partial charge in [0.1, 0.15) is 22.9 Å². The van der Waals surface area contributed by atoms with Crippen molar-refractivity contribution in [2.45, 2.75) is 32.2 Å². The Bertz CT molecular complexity index is 1230. The summed E-state index contributed by atoms with van der Waals surface area (Å²) in [6.45, 7) is -0.459. The van der Waals surface area contributed by atoms with Gasteiger partial charge >= 0.3 is 0 Å². The van der Waals surface area contributed by atoms with Crippen LogP contribution in [-0.4, -0.2) is 42.1 Å². The van der Waals surface area contributed by atoms with Crippen LogP contribution in [-0.2, 0) is 29.0 Å². The number of ether oxygens (including phenoxy) is 2. The molecule has 0 saturated carbocycles. The second-order valence-corrected chi connectivity index (χ2v) is 8.54. The molecule has 10 heteroatoms. The molecule has 2 amide bonds. The number of thiophene rings is 1. The normalized spacial score (nSPS) is 12.8. The number of hydrogen-bond donors (Lipinski definition) is 2. The van der Waals surface area contributed by atoms with Crippen LogP contribution < -0.4 is 25.7 Å². The van der Waals surface area contributed by atoms with Crippen molar-refractivity contribution in [2.75, 3.05) is 26.1 Å². The molecule has 1 aliphatic carbocycles. The van der Waals surface area contributed by atoms with E-state index in [1.807, 2.05) is 0 Å². The van der Waals surface area contributed by atoms with Crippen LogP contribution in [0.4, 0.5) is 5.69 Å². The minimum Gasteiger partial charge on any atom is -0.497 e. The van der Waals surface area contributed by atoms with Gasteiger partial charge in [0.25, 0.3) is 5.56 Å². The lowest BCUT2D eigenvalue weighted by Crippen LogP contribution is -2.37. The smallest absolute Gasteiger partial charge is 0.262 e. The minimum absolute atomic E-state index is 0.206. The molecule has 32 heavy (non-hydrogen) atoms. The Labute approximate surface area is 188 Å². The highest BCUT2D eigenvalue weighted by atomic mass is 32.1. The predicted molar refractivity (Wildman–Crippen MR) is 122 cm³/mol. The molecule has 0 radical (unpaired) electrons. The second kappa shape index (κ2) is 9.39. The van der Waals surface area contributed by atoms with Gasteiger partial charge < -0.3 is 20.1 Å². The summed E-state index contributed by atoms with van der Waals surface area (Å²) >= 11 is 1.56. The summed E-state index contributed by atoms with van der Waals surface area (Å²) in [7, 11) is 3.01. The zero-order valence-corrected chi connectivity index (χ0v) is 18.7. The Morgan fingerprint density at radius 1 is 1.16 bits per heavy atom. The molecule has 3 aromatic rings. The van der Waals surface area contributed by atoms with E-state index >= 15 is 0 Å². The molecule has 0 spiro atoms. The monoisotopic (exact) mass is 456 g/mol. The number of carbonyl (C=O) groups is 2. The van der Waals surface area contributed by atoms with Crippen molar-refractivity contribution < 1.29 is 19.1 Å². The van der Waals surface area contributed by atoms with Crippen molar-refractivity contribution in [1.29, 1.82) is 0 Å². The molecule has 0 aliphatic heterocycles. The topological polar surface area (TPSA) is 112 Å². The van der Waals surface area contributed by atoms with E-state index in [1.54, 1.807) is 29.5 Å². The van der Waals surface area contributed by atoms with Crippen LogP contribution in [0.1, 0.15) is 23.3 Å². The van der Waals surface area contributed by atoms with Crippen LogP contribution in [0.3, 0.4) is 0 Å². The van der Waals surface area contributed by atoms with Crippen molar-refractivity contribution in [1.82, 2.24) is 14.9 Å². The van der Waals surface area contributed by atoms with Gasteiger partial charge in [0, 0.05) is 10.9 Å². The van der Waals surface area contributed by atoms with Crippen molar-refractivity contribution in [3.8, 4) is 11.5 Å². The number of nitrogens with one attached hydrogen (secondary N) is 2. The fraction of sp³-hybridized carbons (Fsp3) is 0.364. The number of amides is 2. The molecule has 0 bridgehead atoms. The number of hydrogen-bond acceptors (Lipinski definition) is 7. The van der Waals surface area contributed by atoms with E-state index in [0.717, 1.165) is 36.1 Å². The van der Waals surface area contributed by atoms with Gasteiger partial charge in [-0.3, -0.25) is 19.0 Å². The Hall–Kier alpha value is -3.40. The first-order valence-corrected chi connectivity index (χ1v) is 11.1. The lowest BCUT2D eigenvalue weighted by atomic mass is 9.97. The number of aromatic nitrogens is 2. The third-order valence-corrected chi connectivity index (χ3v) is 6.58. The van der Waals surface area contributed by atoms with E-state index < -0.39 is 11.8 Å². The molecule has 168 valence electrons. The average Bonchev–Trinajstić information content (AvgIpc) is 3.19. The van der Waals surface area contributed by atoms with Crippen LogP contribution in [0.2, 0.25) is 0 Å². The van der Waals surface area contributed by atoms with Crippen molar-refractivity contribution in [2.24, 2.45) is 0 Å². The van der Waals surface area contributed by atoms with Gasteiger partial charge in [-0.1, -0.05) is 0 Å². The van der Waals surface area contributed by atoms with Gasteiger partial charge in [0.05, 0.1) is 38.2 Å². The van der Waals surface area contributed by atoms with Crippen LogP contribution in [0, 0.1) is 0 Å². The number of fused-ring (bicyclic) bond motifs is 3. The number of aryl methyl sites for hydroxylation is 2. The molecule has 1 aliphatic rings. The molecule has 4 rings (SSSR count). The summed E-state index contributed by atoms with van der Waals surface area (Å²) in [6.07, 6.45) is 5.42. The first kappa shape index (κ1) is 21.8. The fourth-order valence-electron chi connectivity index (χ4n) is 3.79. The molecule has 1 aromatic carbocycles. The molecule has 0 saturated heterocycles. The first-order valence-electron chi connectivity index (χ1n) is 10.3. The quantitative estimate of drug-likeness (QED) is 0.563. The third kappa shape index (κ3) is 4.45. The van der Waals surface area contributed by atoms with Crippen LogP contribution in [0.15, 0.2) is 29.3 Å². The van der Waals surface area contributed by atoms with E-state index in [-0.39, 0.29) is 18.6 Å². The van der Waals surface area contributed by atoms with E-state index in [1.165, 1.54) is 30.0 Å². The zero-order valence-electron chi connectivity index (χ0n) is 17.9. The summed E-state index contributed by atoms with van der Waals surface area (Å²) in [5, 5.41) is 5.85. The summed E-state index contributed by atoms with van der Waals surface area (Å²) in [5.41, 5.74) is 1.30. The first-order chi connectivity index (χ1) is 15.5. The maximum atomic E-state index is 13.0. The van der Waals surface area contributed by atoms with Gasteiger partial charge in [-0.15, -0.1) is 11.3 Å². The highest BCUT2D eigenvalue weighted by Gasteiger charge is 2.20. The van der Waals surface area contributed by atoms with Crippen LogP contribution in [0.25, 0.3) is 10.2 Å². The molecule has 0 unspecified atom stereocenters. The number of methoxy groups -OCH3 is 2. The SMILES string of the molecule is COc1ccc(OC)c(NC(=O)CNC(=O)Cn2cnc3sc4c(c3c2=O)CCCC4)c1. The Kier molecular flexibility index (Phi) is 6.40. The standard InChI is InChI=1S/C22H24N4O5S/c1-30-13-7-8-16(31-2)15(9-13)25-18(27)10-23-19(28)11-26-12-24-21-20(22(26)29)14-5-3-4-6-17(14)32-21/h7-9,12H,3-6,10-11H2,1-2H3,(H,23,28)(H,25,27). The molecule has 2 N–H and O–H groups in total. The van der Waals surface area contributed by atoms with Crippen molar-refractivity contribution >= 4 is 39.1 Å². The van der Waals surface area contributed by atoms with Crippen molar-refractivity contribution in [3.63, 3.8) is 0 Å². The Morgan fingerprint density at radius 2 is 1.97 bits per heavy atom. The van der Waals surface area contributed by atoms with Gasteiger partial charge in [-0.2, -0.15) is 0 Å². The van der Waals surface area contributed by atoms with E-state index in [0.29, 0.717) is 22.6 Å². The third-order valence-electron chi connectivity index (χ3n) is 5.38. The highest BCUT2D eigenvalue weighted by Crippen LogP contribution is 2.33. The molecular weight excluding hydrogens is 432 g/mol. The van der Waals surface area contributed by atoms with Gasteiger partial charge in [-0.25, -0.2) is 4.98 Å². The largest absolute Gasteiger partial charge is 0.497 e. The summed E-state index contributed by atoms with van der Waals surface area (Å²) in [4.78, 5) is 44.0. The minimum atomic E-state index is -0.454. The van der Waals surface area contributed by atoms with E-state index in [9.17, 15) is 14.4 Å². The van der Waals surface area contributed by atoms with Gasteiger partial charge in [-0.05, 0) is 43.4 Å². The van der Waals surface area contributed by atoms with Crippen LogP contribution >= 0.6 is 11.3 Å². The molecule has 2 aromatic heterocycles. The lowest BCUT2D eigenvalue weighted by Gasteiger charge is -2.12. The number of anilines is 1. The molecule has 0 fully saturated rings. The second-order valence-electron chi connectivity index (χ2n) is 7.46. The summed E-state index contributed by atoms with van der Waals surface area (Å²) in [6, 6.07) is 5.01. The zero-order chi connectivity index (χ0) is 22.7. The summed E-state index contributed by atoms with van der Waals surface area (Å²) in [5.74, 6) is 0.140. The van der Waals surface area contributed by atoms with Gasteiger partial charge in [0.15, 0.2) is 0 Å². The predicted octanol–water partition coefficient (Wildman–Crippen LogP) is 2.11. The van der Waals surface area contributed by atoms with E-state index in [4.69, 9.17) is 9.47 Å². The van der Waals surface area contributed by atoms with E-state index in [2.05, 4.69) is 15.6 Å². The highest BCUT2D eigenvalue weighted by molar-refractivity contribution is 7.18. The molecule has 0 atom stereocenters. The van der Waals surface area contributed by atoms with Gasteiger partial charge in [0.2, 0.25) is 11.8 Å². The molecular formula is C22H24N4O5S. The Balaban J connectivity index is 1.40. The Morgan fingerprint density at radius 3 is 2.75 bits per heavy atom. The maximum absolute atomic E-state index is 13.0. The van der Waals surface area contributed by atoms with Crippen molar-refractivity contribution in [3.05, 3.63) is 45.3 Å². The molecule has 9 nitrogen and oxygen atoms in total. The number of benzene rings is 1. The summed E-state index contributed by atoms with van der Waals surface area (Å²) < 4.78 is 11.7. The maximum Gasteiger partial charge on any atom is 0.262 e. The fourth-order valence-corrected chi connectivity index (χ4v) is 5.01. The number of rotatable bonds is 7. The van der Waals surface area contributed by atoms with Crippen LogP contribution in [0.5, 0.6) is 11.5 Å². The number of carbonyl (C=O) groups excluding carboxylic acids is 2.